The Morgan fingerprint density at radius 2 is 1.77 bits per heavy atom. The minimum Gasteiger partial charge on any atom is -0.493 e. The van der Waals surface area contributed by atoms with Gasteiger partial charge < -0.3 is 19.7 Å². The van der Waals surface area contributed by atoms with Crippen molar-refractivity contribution in [3.8, 4) is 11.5 Å². The van der Waals surface area contributed by atoms with Crippen molar-refractivity contribution in [1.29, 1.82) is 0 Å². The Balaban J connectivity index is 2.08. The molecule has 1 N–H and O–H groups in total. The van der Waals surface area contributed by atoms with Crippen LogP contribution in [-0.2, 0) is 9.59 Å². The summed E-state index contributed by atoms with van der Waals surface area (Å²) in [6.07, 6.45) is 3.12. The summed E-state index contributed by atoms with van der Waals surface area (Å²) in [5.74, 6) is 0.861. The maximum absolute atomic E-state index is 12.1. The SMILES string of the molecule is COc1ccc(/C=C/C(=O)Nc2cccc(N(C)C(C)=O)c2)cc1OC. The summed E-state index contributed by atoms with van der Waals surface area (Å²) in [5, 5.41) is 2.78. The van der Waals surface area contributed by atoms with Crippen LogP contribution in [0.3, 0.4) is 0 Å². The van der Waals surface area contributed by atoms with E-state index in [-0.39, 0.29) is 11.8 Å². The summed E-state index contributed by atoms with van der Waals surface area (Å²) >= 11 is 0. The summed E-state index contributed by atoms with van der Waals surface area (Å²) in [7, 11) is 4.81. The lowest BCUT2D eigenvalue weighted by Crippen LogP contribution is -2.22. The molecule has 0 bridgehead atoms. The molecule has 0 saturated heterocycles. The lowest BCUT2D eigenvalue weighted by Gasteiger charge is -2.15. The van der Waals surface area contributed by atoms with Crippen molar-refractivity contribution in [1.82, 2.24) is 0 Å². The van der Waals surface area contributed by atoms with Gasteiger partial charge in [-0.1, -0.05) is 12.1 Å². The van der Waals surface area contributed by atoms with Gasteiger partial charge in [-0.2, -0.15) is 0 Å². The number of ether oxygens (including phenoxy) is 2. The van der Waals surface area contributed by atoms with Gasteiger partial charge in [0.15, 0.2) is 11.5 Å². The average molecular weight is 354 g/mol. The van der Waals surface area contributed by atoms with Crippen LogP contribution >= 0.6 is 0 Å². The molecule has 6 heteroatoms. The fourth-order valence-electron chi connectivity index (χ4n) is 2.29. The van der Waals surface area contributed by atoms with Crippen molar-refractivity contribution in [2.75, 3.05) is 31.5 Å². The predicted molar refractivity (Wildman–Crippen MR) is 103 cm³/mol. The Morgan fingerprint density at radius 3 is 2.42 bits per heavy atom. The van der Waals surface area contributed by atoms with Crippen molar-refractivity contribution in [3.63, 3.8) is 0 Å². The van der Waals surface area contributed by atoms with Gasteiger partial charge in [-0.15, -0.1) is 0 Å². The minimum absolute atomic E-state index is 0.0816. The minimum atomic E-state index is -0.276. The van der Waals surface area contributed by atoms with Gasteiger partial charge in [-0.05, 0) is 42.0 Å². The molecule has 0 aliphatic carbocycles. The number of nitrogens with zero attached hydrogens (tertiary/aromatic N) is 1. The fraction of sp³-hybridized carbons (Fsp3) is 0.200. The molecular weight excluding hydrogens is 332 g/mol. The van der Waals surface area contributed by atoms with Crippen LogP contribution in [0.15, 0.2) is 48.5 Å². The zero-order valence-electron chi connectivity index (χ0n) is 15.3. The van der Waals surface area contributed by atoms with Crippen LogP contribution in [0.1, 0.15) is 12.5 Å². The van der Waals surface area contributed by atoms with Crippen molar-refractivity contribution in [3.05, 3.63) is 54.1 Å². The van der Waals surface area contributed by atoms with Crippen LogP contribution < -0.4 is 19.7 Å². The molecule has 0 unspecified atom stereocenters. The highest BCUT2D eigenvalue weighted by molar-refractivity contribution is 6.02. The van der Waals surface area contributed by atoms with Gasteiger partial charge in [0, 0.05) is 31.4 Å². The van der Waals surface area contributed by atoms with Gasteiger partial charge in [-0.3, -0.25) is 9.59 Å². The van der Waals surface area contributed by atoms with Crippen LogP contribution in [0.4, 0.5) is 11.4 Å². The molecule has 2 aromatic rings. The van der Waals surface area contributed by atoms with E-state index in [1.54, 1.807) is 63.7 Å². The summed E-state index contributed by atoms with van der Waals surface area (Å²) in [4.78, 5) is 25.1. The molecule has 2 rings (SSSR count). The van der Waals surface area contributed by atoms with E-state index in [4.69, 9.17) is 9.47 Å². The van der Waals surface area contributed by atoms with Crippen LogP contribution in [0.25, 0.3) is 6.08 Å². The predicted octanol–water partition coefficient (Wildman–Crippen LogP) is 3.34. The Bertz CT molecular complexity index is 830. The topological polar surface area (TPSA) is 67.9 Å². The highest BCUT2D eigenvalue weighted by atomic mass is 16.5. The normalized spacial score (nSPS) is 10.5. The van der Waals surface area contributed by atoms with Crippen molar-refractivity contribution in [2.45, 2.75) is 6.92 Å². The number of benzene rings is 2. The van der Waals surface area contributed by atoms with Gasteiger partial charge in [0.1, 0.15) is 0 Å². The molecule has 0 spiro atoms. The van der Waals surface area contributed by atoms with Crippen LogP contribution in [0.2, 0.25) is 0 Å². The molecule has 0 aliphatic rings. The average Bonchev–Trinajstić information content (AvgIpc) is 2.65. The Kier molecular flexibility index (Phi) is 6.38. The summed E-state index contributed by atoms with van der Waals surface area (Å²) in [6, 6.07) is 12.5. The molecule has 2 aromatic carbocycles. The number of methoxy groups -OCH3 is 2. The Morgan fingerprint density at radius 1 is 1.04 bits per heavy atom. The maximum atomic E-state index is 12.1. The smallest absolute Gasteiger partial charge is 0.248 e. The van der Waals surface area contributed by atoms with E-state index in [2.05, 4.69) is 5.32 Å². The Labute approximate surface area is 153 Å². The van der Waals surface area contributed by atoms with E-state index in [1.165, 1.54) is 17.9 Å². The number of nitrogens with one attached hydrogen (secondary N) is 1. The van der Waals surface area contributed by atoms with E-state index >= 15 is 0 Å². The number of hydrogen-bond acceptors (Lipinski definition) is 4. The molecule has 0 aliphatic heterocycles. The first-order valence-corrected chi connectivity index (χ1v) is 8.00. The zero-order valence-corrected chi connectivity index (χ0v) is 15.3. The highest BCUT2D eigenvalue weighted by Gasteiger charge is 2.07. The number of carbonyl (C=O) groups is 2. The van der Waals surface area contributed by atoms with E-state index in [0.29, 0.717) is 22.9 Å². The van der Waals surface area contributed by atoms with Crippen LogP contribution in [-0.4, -0.2) is 33.1 Å². The number of carbonyl (C=O) groups excluding carboxylic acids is 2. The van der Waals surface area contributed by atoms with E-state index < -0.39 is 0 Å². The van der Waals surface area contributed by atoms with E-state index in [1.807, 2.05) is 6.07 Å². The van der Waals surface area contributed by atoms with E-state index in [9.17, 15) is 9.59 Å². The molecule has 0 heterocycles. The molecule has 2 amide bonds. The number of anilines is 2. The molecule has 0 saturated carbocycles. The fourth-order valence-corrected chi connectivity index (χ4v) is 2.29. The standard InChI is InChI=1S/C20H22N2O4/c1-14(23)22(2)17-7-5-6-16(13-17)21-20(24)11-9-15-8-10-18(25-3)19(12-15)26-4/h5-13H,1-4H3,(H,21,24)/b11-9+. The van der Waals surface area contributed by atoms with Gasteiger partial charge in [0.2, 0.25) is 11.8 Å². The van der Waals surface area contributed by atoms with Crippen LogP contribution in [0.5, 0.6) is 11.5 Å². The summed E-state index contributed by atoms with van der Waals surface area (Å²) in [5.41, 5.74) is 2.12. The van der Waals surface area contributed by atoms with Crippen molar-refractivity contribution < 1.29 is 19.1 Å². The molecule has 0 fully saturated rings. The third-order valence-electron chi connectivity index (χ3n) is 3.81. The number of amides is 2. The third kappa shape index (κ3) is 4.86. The number of hydrogen-bond donors (Lipinski definition) is 1. The van der Waals surface area contributed by atoms with Gasteiger partial charge in [-0.25, -0.2) is 0 Å². The van der Waals surface area contributed by atoms with Gasteiger partial charge in [0.05, 0.1) is 14.2 Å². The first kappa shape index (κ1) is 19.1. The highest BCUT2D eigenvalue weighted by Crippen LogP contribution is 2.28. The second-order valence-electron chi connectivity index (χ2n) is 5.57. The molecule has 0 aromatic heterocycles. The molecule has 6 nitrogen and oxygen atoms in total. The number of rotatable bonds is 6. The Hall–Kier alpha value is -3.28. The first-order valence-electron chi connectivity index (χ1n) is 8.00. The zero-order chi connectivity index (χ0) is 19.1. The van der Waals surface area contributed by atoms with Crippen LogP contribution in [0, 0.1) is 0 Å². The lowest BCUT2D eigenvalue weighted by atomic mass is 10.2. The van der Waals surface area contributed by atoms with Crippen molar-refractivity contribution >= 4 is 29.3 Å². The largest absolute Gasteiger partial charge is 0.493 e. The summed E-state index contributed by atoms with van der Waals surface area (Å²) in [6.45, 7) is 1.48. The van der Waals surface area contributed by atoms with Crippen molar-refractivity contribution in [2.24, 2.45) is 0 Å². The quantitative estimate of drug-likeness (QED) is 0.808. The second-order valence-corrected chi connectivity index (χ2v) is 5.57. The molecule has 0 radical (unpaired) electrons. The molecular formula is C20H22N2O4. The van der Waals surface area contributed by atoms with Gasteiger partial charge in [0.25, 0.3) is 0 Å². The summed E-state index contributed by atoms with van der Waals surface area (Å²) < 4.78 is 10.4. The second kappa shape index (κ2) is 8.71. The third-order valence-corrected chi connectivity index (χ3v) is 3.81. The van der Waals surface area contributed by atoms with E-state index in [0.717, 1.165) is 5.56 Å². The first-order chi connectivity index (χ1) is 12.4. The molecule has 0 atom stereocenters. The lowest BCUT2D eigenvalue weighted by molar-refractivity contribution is -0.116. The maximum Gasteiger partial charge on any atom is 0.248 e. The molecule has 26 heavy (non-hydrogen) atoms. The van der Waals surface area contributed by atoms with Gasteiger partial charge >= 0.3 is 0 Å². The monoisotopic (exact) mass is 354 g/mol. The molecule has 136 valence electrons.